The van der Waals surface area contributed by atoms with Gasteiger partial charge in [0.1, 0.15) is 23.3 Å². The lowest BCUT2D eigenvalue weighted by Gasteiger charge is -2.36. The molecule has 0 bridgehead atoms. The van der Waals surface area contributed by atoms with Crippen LogP contribution in [0.15, 0.2) is 47.5 Å². The number of halogens is 3. The number of sulfonamides is 1. The minimum Gasteiger partial charge on any atom is -0.491 e. The van der Waals surface area contributed by atoms with Gasteiger partial charge in [0.05, 0.1) is 83.4 Å². The molecule has 7 rings (SSSR count). The van der Waals surface area contributed by atoms with E-state index in [1.165, 1.54) is 20.4 Å². The van der Waals surface area contributed by atoms with Gasteiger partial charge in [-0.05, 0) is 43.2 Å². The largest absolute Gasteiger partial charge is 0.491 e. The molecule has 2 aromatic heterocycles. The van der Waals surface area contributed by atoms with Crippen molar-refractivity contribution in [3.8, 4) is 17.5 Å². The van der Waals surface area contributed by atoms with E-state index in [4.69, 9.17) is 33.2 Å². The third-order valence-corrected chi connectivity index (χ3v) is 12.4. The van der Waals surface area contributed by atoms with Crippen molar-refractivity contribution in [1.29, 1.82) is 0 Å². The van der Waals surface area contributed by atoms with Crippen LogP contribution in [0, 0.1) is 0 Å². The van der Waals surface area contributed by atoms with Crippen molar-refractivity contribution in [1.82, 2.24) is 34.7 Å². The second kappa shape index (κ2) is 22.3. The van der Waals surface area contributed by atoms with Gasteiger partial charge in [-0.3, -0.25) is 34.3 Å². The molecule has 1 atom stereocenters. The zero-order valence-electron chi connectivity index (χ0n) is 37.1. The molecule has 4 aromatic rings. The quantitative estimate of drug-likeness (QED) is 0.0754. The molecule has 2 saturated heterocycles. The standard InChI is InChI=1S/C42H50F3N9O13S/c1-61-33-26-46-41(62-2)54-36(33)48-40(49-54)50-68(59,60)35-30(42(43,44)45)5-3-6-32(35)67-24-23-66-22-21-65-20-19-64-18-17-63-16-4-11-51-12-14-52(15-13-51)27-7-8-28-29(25-27)39(58)53(38(28)57)31-9-10-34(55)47-37(31)56/h3,5-8,25-26,31H,4,9-24H2,1-2H3,(H,49,50)(H,47,55,56). The maximum Gasteiger partial charge on any atom is 0.417 e. The third-order valence-electron chi connectivity index (χ3n) is 11.0. The molecule has 1 unspecified atom stereocenters. The van der Waals surface area contributed by atoms with E-state index >= 15 is 0 Å². The number of piperazine rings is 1. The number of carbonyl (C=O) groups is 4. The van der Waals surface area contributed by atoms with Gasteiger partial charge in [0.15, 0.2) is 5.75 Å². The maximum atomic E-state index is 14.1. The van der Waals surface area contributed by atoms with Crippen LogP contribution in [-0.4, -0.2) is 174 Å². The van der Waals surface area contributed by atoms with E-state index < -0.39 is 68.0 Å². The van der Waals surface area contributed by atoms with Crippen LogP contribution in [0.1, 0.15) is 45.5 Å². The predicted octanol–water partition coefficient (Wildman–Crippen LogP) is 2.02. The lowest BCUT2D eigenvalue weighted by molar-refractivity contribution is -0.140. The van der Waals surface area contributed by atoms with E-state index in [1.54, 1.807) is 12.1 Å². The molecule has 0 spiro atoms. The first-order valence-electron chi connectivity index (χ1n) is 21.5. The number of carbonyl (C=O) groups excluding carboxylic acids is 4. The van der Waals surface area contributed by atoms with Crippen molar-refractivity contribution < 1.29 is 73.9 Å². The number of hydrogen-bond donors (Lipinski definition) is 2. The number of imide groups is 2. The van der Waals surface area contributed by atoms with Gasteiger partial charge >= 0.3 is 12.2 Å². The van der Waals surface area contributed by atoms with Gasteiger partial charge in [-0.25, -0.2) is 13.1 Å². The van der Waals surface area contributed by atoms with E-state index in [-0.39, 0.29) is 74.4 Å². The van der Waals surface area contributed by atoms with Crippen molar-refractivity contribution in [3.63, 3.8) is 0 Å². The zero-order chi connectivity index (χ0) is 48.4. The van der Waals surface area contributed by atoms with Crippen molar-refractivity contribution in [2.24, 2.45) is 0 Å². The monoisotopic (exact) mass is 977 g/mol. The fraction of sp³-hybridized carbons (Fsp3) is 0.500. The summed E-state index contributed by atoms with van der Waals surface area (Å²) in [5.74, 6) is -3.16. The van der Waals surface area contributed by atoms with Gasteiger partial charge in [0.25, 0.3) is 27.8 Å². The molecular formula is C42H50F3N9O13S. The van der Waals surface area contributed by atoms with Crippen LogP contribution in [0.25, 0.3) is 5.65 Å². The summed E-state index contributed by atoms with van der Waals surface area (Å²) in [5, 5.41) is 6.17. The molecule has 2 N–H and O–H groups in total. The summed E-state index contributed by atoms with van der Waals surface area (Å²) < 4.78 is 110. The molecule has 2 fully saturated rings. The Morgan fingerprint density at radius 3 is 2.12 bits per heavy atom. The smallest absolute Gasteiger partial charge is 0.417 e. The zero-order valence-corrected chi connectivity index (χ0v) is 37.9. The van der Waals surface area contributed by atoms with Crippen LogP contribution in [0.2, 0.25) is 0 Å². The Morgan fingerprint density at radius 1 is 0.809 bits per heavy atom. The Labute approximate surface area is 387 Å². The van der Waals surface area contributed by atoms with E-state index in [1.807, 2.05) is 10.8 Å². The highest BCUT2D eigenvalue weighted by atomic mass is 32.2. The number of nitrogens with one attached hydrogen (secondary N) is 2. The number of anilines is 2. The molecule has 368 valence electrons. The molecule has 68 heavy (non-hydrogen) atoms. The molecule has 5 heterocycles. The first-order chi connectivity index (χ1) is 32.7. The Balaban J connectivity index is 0.728. The summed E-state index contributed by atoms with van der Waals surface area (Å²) in [6, 6.07) is 6.79. The average Bonchev–Trinajstić information content (AvgIpc) is 3.84. The lowest BCUT2D eigenvalue weighted by atomic mass is 10.0. The topological polar surface area (TPSA) is 244 Å². The van der Waals surface area contributed by atoms with Crippen LogP contribution in [-0.2, 0) is 44.7 Å². The van der Waals surface area contributed by atoms with E-state index in [2.05, 4.69) is 30.2 Å². The van der Waals surface area contributed by atoms with Crippen molar-refractivity contribution in [3.05, 3.63) is 59.3 Å². The third kappa shape index (κ3) is 11.7. The van der Waals surface area contributed by atoms with Crippen LogP contribution in [0.3, 0.4) is 0 Å². The summed E-state index contributed by atoms with van der Waals surface area (Å²) in [6.07, 6.45) is -2.81. The number of hydrogen-bond acceptors (Lipinski definition) is 18. The molecule has 3 aliphatic heterocycles. The highest BCUT2D eigenvalue weighted by Gasteiger charge is 2.45. The number of aromatic nitrogens is 4. The summed E-state index contributed by atoms with van der Waals surface area (Å²) >= 11 is 0. The van der Waals surface area contributed by atoms with Gasteiger partial charge in [0.2, 0.25) is 17.5 Å². The Morgan fingerprint density at radius 2 is 1.47 bits per heavy atom. The highest BCUT2D eigenvalue weighted by molar-refractivity contribution is 7.92. The minimum absolute atomic E-state index is 0.00669. The second-order valence-electron chi connectivity index (χ2n) is 15.4. The highest BCUT2D eigenvalue weighted by Crippen LogP contribution is 2.40. The maximum absolute atomic E-state index is 14.1. The van der Waals surface area contributed by atoms with Crippen LogP contribution < -0.4 is 29.1 Å². The van der Waals surface area contributed by atoms with Crippen molar-refractivity contribution >= 4 is 50.9 Å². The van der Waals surface area contributed by atoms with Crippen LogP contribution >= 0.6 is 0 Å². The van der Waals surface area contributed by atoms with Crippen LogP contribution in [0.5, 0.6) is 17.5 Å². The average molecular weight is 978 g/mol. The molecule has 0 saturated carbocycles. The van der Waals surface area contributed by atoms with E-state index in [0.29, 0.717) is 32.5 Å². The van der Waals surface area contributed by atoms with Gasteiger partial charge in [-0.1, -0.05) is 6.07 Å². The second-order valence-corrected chi connectivity index (χ2v) is 17.0. The predicted molar refractivity (Wildman–Crippen MR) is 231 cm³/mol. The Bertz CT molecular complexity index is 2530. The molecule has 2 aromatic carbocycles. The molecule has 26 heteroatoms. The number of nitrogens with zero attached hydrogens (tertiary/aromatic N) is 7. The van der Waals surface area contributed by atoms with Gasteiger partial charge in [-0.2, -0.15) is 27.7 Å². The number of amides is 4. The molecule has 4 amide bonds. The number of fused-ring (bicyclic) bond motifs is 2. The normalized spacial score (nSPS) is 16.9. The minimum atomic E-state index is -5.06. The molecular weight excluding hydrogens is 928 g/mol. The van der Waals surface area contributed by atoms with E-state index in [0.717, 1.165) is 66.4 Å². The Kier molecular flexibility index (Phi) is 16.3. The van der Waals surface area contributed by atoms with Gasteiger partial charge < -0.3 is 38.1 Å². The number of methoxy groups -OCH3 is 2. The number of ether oxygens (including phenoxy) is 7. The first-order valence-corrected chi connectivity index (χ1v) is 23.0. The molecule has 3 aliphatic rings. The summed E-state index contributed by atoms with van der Waals surface area (Å²) in [4.78, 5) is 62.5. The van der Waals surface area contributed by atoms with E-state index in [9.17, 15) is 40.8 Å². The van der Waals surface area contributed by atoms with Crippen LogP contribution in [0.4, 0.5) is 24.8 Å². The number of piperidine rings is 1. The number of benzene rings is 2. The summed E-state index contributed by atoms with van der Waals surface area (Å²) in [6.45, 7) is 5.77. The summed E-state index contributed by atoms with van der Waals surface area (Å²) in [5.41, 5.74) is -0.137. The van der Waals surface area contributed by atoms with Crippen molar-refractivity contribution in [2.45, 2.75) is 36.4 Å². The first kappa shape index (κ1) is 49.7. The lowest BCUT2D eigenvalue weighted by Crippen LogP contribution is -2.54. The fourth-order valence-corrected chi connectivity index (χ4v) is 9.00. The number of alkyl halides is 3. The van der Waals surface area contributed by atoms with Gasteiger partial charge in [-0.15, -0.1) is 5.10 Å². The molecule has 22 nitrogen and oxygen atoms in total. The van der Waals surface area contributed by atoms with Crippen molar-refractivity contribution in [2.75, 3.05) is 116 Å². The molecule has 0 radical (unpaired) electrons. The fourth-order valence-electron chi connectivity index (χ4n) is 7.71. The van der Waals surface area contributed by atoms with Gasteiger partial charge in [0, 0.05) is 51.4 Å². The molecule has 0 aliphatic carbocycles. The SMILES string of the molecule is COc1cnc(OC)n2nc(NS(=O)(=O)c3c(OCCOCCOCCOCCOCCCN4CCN(c5ccc6c(c5)C(=O)N(C5CCC(=O)NC5=O)C6=O)CC4)cccc3C(F)(F)F)nc12. The number of rotatable bonds is 24. The summed E-state index contributed by atoms with van der Waals surface area (Å²) in [7, 11) is -2.38. The Hall–Kier alpha value is -6.19.